The number of nitrogens with zero attached hydrogens (tertiary/aromatic N) is 8. The van der Waals surface area contributed by atoms with Crippen LogP contribution in [0.5, 0.6) is 0 Å². The first-order valence-corrected chi connectivity index (χ1v) is 15.5. The van der Waals surface area contributed by atoms with Gasteiger partial charge < -0.3 is 10.6 Å². The first kappa shape index (κ1) is 26.4. The Morgan fingerprint density at radius 3 is 2.87 bits per heavy atom. The average molecular weight is 566 g/mol. The Hall–Kier alpha value is -2.80. The van der Waals surface area contributed by atoms with Crippen LogP contribution >= 0.6 is 23.3 Å². The summed E-state index contributed by atoms with van der Waals surface area (Å²) in [5.74, 6) is 2.84. The number of piperidine rings is 1. The molecule has 2 unspecified atom stereocenters. The molecule has 1 amide bonds. The Kier molecular flexibility index (Phi) is 7.70. The van der Waals surface area contributed by atoms with Crippen molar-refractivity contribution < 1.29 is 4.79 Å². The third kappa shape index (κ3) is 5.74. The van der Waals surface area contributed by atoms with Crippen LogP contribution < -0.4 is 5.73 Å². The van der Waals surface area contributed by atoms with Gasteiger partial charge in [-0.25, -0.2) is 4.98 Å². The number of rotatable bonds is 7. The largest absolute Gasteiger partial charge is 0.339 e. The number of fused-ring (bicyclic) bond motifs is 1. The standard InChI is InChI=1S/C27H35N9OS2/c1-18-4-3-5-33(13-18)16-21-10-23(39-32-21)25(28)26-27-29-12-22(36(27)14-19(2)31-26)20-11-30-35(15-20)17-24(37)34-6-8-38-9-7-34/h10-12,14-15,18,25H,3-9,13,16-17,28H2,1-2H3. The van der Waals surface area contributed by atoms with Crippen LogP contribution in [-0.4, -0.2) is 81.9 Å². The van der Waals surface area contributed by atoms with E-state index in [2.05, 4.69) is 23.0 Å². The van der Waals surface area contributed by atoms with Crippen LogP contribution in [0, 0.1) is 12.8 Å². The lowest BCUT2D eigenvalue weighted by atomic mass is 10.0. The van der Waals surface area contributed by atoms with Crippen LogP contribution in [0.15, 0.2) is 30.9 Å². The van der Waals surface area contributed by atoms with Gasteiger partial charge in [-0.15, -0.1) is 0 Å². The quantitative estimate of drug-likeness (QED) is 0.364. The summed E-state index contributed by atoms with van der Waals surface area (Å²) in [6.45, 7) is 9.25. The summed E-state index contributed by atoms with van der Waals surface area (Å²) < 4.78 is 8.46. The molecule has 2 aliphatic rings. The topological polar surface area (TPSA) is 110 Å². The number of hydrogen-bond acceptors (Lipinski definition) is 9. The lowest BCUT2D eigenvalue weighted by Gasteiger charge is -2.30. The number of hydrogen-bond donors (Lipinski definition) is 1. The zero-order chi connectivity index (χ0) is 26.9. The molecule has 10 nitrogen and oxygen atoms in total. The number of thioether (sulfide) groups is 1. The Labute approximate surface area is 236 Å². The number of aromatic nitrogens is 6. The van der Waals surface area contributed by atoms with Crippen LogP contribution in [0.4, 0.5) is 0 Å². The van der Waals surface area contributed by atoms with Gasteiger partial charge in [0.2, 0.25) is 5.91 Å². The Morgan fingerprint density at radius 2 is 2.05 bits per heavy atom. The van der Waals surface area contributed by atoms with Crippen molar-refractivity contribution in [2.45, 2.75) is 45.8 Å². The van der Waals surface area contributed by atoms with Crippen molar-refractivity contribution in [1.82, 2.24) is 38.3 Å². The van der Waals surface area contributed by atoms with Gasteiger partial charge in [-0.05, 0) is 49.8 Å². The van der Waals surface area contributed by atoms with E-state index < -0.39 is 6.04 Å². The Balaban J connectivity index is 1.21. The van der Waals surface area contributed by atoms with Crippen LogP contribution in [0.2, 0.25) is 0 Å². The zero-order valence-electron chi connectivity index (χ0n) is 22.5. The highest BCUT2D eigenvalue weighted by Gasteiger charge is 2.23. The number of imidazole rings is 1. The predicted molar refractivity (Wildman–Crippen MR) is 155 cm³/mol. The van der Waals surface area contributed by atoms with Gasteiger partial charge in [-0.1, -0.05) is 6.92 Å². The molecule has 2 N–H and O–H groups in total. The van der Waals surface area contributed by atoms with E-state index in [9.17, 15) is 4.79 Å². The van der Waals surface area contributed by atoms with Gasteiger partial charge in [0.25, 0.3) is 0 Å². The molecule has 4 aromatic rings. The molecule has 2 saturated heterocycles. The van der Waals surface area contributed by atoms with Crippen LogP contribution in [0.3, 0.4) is 0 Å². The number of carbonyl (C=O) groups excluding carboxylic acids is 1. The van der Waals surface area contributed by atoms with E-state index >= 15 is 0 Å². The first-order valence-electron chi connectivity index (χ1n) is 13.6. The molecule has 0 bridgehead atoms. The molecule has 206 valence electrons. The minimum Gasteiger partial charge on any atom is -0.339 e. The van der Waals surface area contributed by atoms with Crippen molar-refractivity contribution in [3.8, 4) is 11.3 Å². The monoisotopic (exact) mass is 565 g/mol. The molecule has 39 heavy (non-hydrogen) atoms. The number of likely N-dealkylation sites (tertiary alicyclic amines) is 1. The second-order valence-corrected chi connectivity index (χ2v) is 12.8. The lowest BCUT2D eigenvalue weighted by molar-refractivity contribution is -0.131. The second kappa shape index (κ2) is 11.4. The molecular formula is C27H35N9OS2. The highest BCUT2D eigenvalue weighted by molar-refractivity contribution is 7.99. The van der Waals surface area contributed by atoms with Crippen molar-refractivity contribution in [3.05, 3.63) is 52.8 Å². The predicted octanol–water partition coefficient (Wildman–Crippen LogP) is 3.21. The number of nitrogens with two attached hydrogens (primary N) is 1. The zero-order valence-corrected chi connectivity index (χ0v) is 24.1. The summed E-state index contributed by atoms with van der Waals surface area (Å²) in [7, 11) is 0. The van der Waals surface area contributed by atoms with Crippen molar-refractivity contribution >= 4 is 34.8 Å². The van der Waals surface area contributed by atoms with Crippen LogP contribution in [-0.2, 0) is 17.9 Å². The third-order valence-electron chi connectivity index (χ3n) is 7.53. The highest BCUT2D eigenvalue weighted by Crippen LogP contribution is 2.29. The van der Waals surface area contributed by atoms with Crippen molar-refractivity contribution in [2.24, 2.45) is 11.7 Å². The molecule has 0 radical (unpaired) electrons. The normalized spacial score (nSPS) is 19.6. The third-order valence-corrected chi connectivity index (χ3v) is 9.38. The molecule has 6 heterocycles. The molecular weight excluding hydrogens is 530 g/mol. The molecule has 2 aliphatic heterocycles. The smallest absolute Gasteiger partial charge is 0.244 e. The van der Waals surface area contributed by atoms with Gasteiger partial charge >= 0.3 is 0 Å². The molecule has 12 heteroatoms. The van der Waals surface area contributed by atoms with E-state index in [0.29, 0.717) is 0 Å². The van der Waals surface area contributed by atoms with E-state index in [4.69, 9.17) is 20.1 Å². The van der Waals surface area contributed by atoms with Crippen LogP contribution in [0.25, 0.3) is 16.9 Å². The van der Waals surface area contributed by atoms with E-state index in [1.165, 1.54) is 24.4 Å². The van der Waals surface area contributed by atoms with Gasteiger partial charge in [0.15, 0.2) is 5.65 Å². The lowest BCUT2D eigenvalue weighted by Crippen LogP contribution is -2.39. The fraction of sp³-hybridized carbons (Fsp3) is 0.519. The van der Waals surface area contributed by atoms with Gasteiger partial charge in [-0.3, -0.25) is 23.8 Å². The Bertz CT molecular complexity index is 1450. The molecule has 2 atom stereocenters. The number of aryl methyl sites for hydroxylation is 1. The summed E-state index contributed by atoms with van der Waals surface area (Å²) in [5.41, 5.74) is 11.9. The van der Waals surface area contributed by atoms with Gasteiger partial charge in [0.05, 0.1) is 35.5 Å². The molecule has 6 rings (SSSR count). The summed E-state index contributed by atoms with van der Waals surface area (Å²) in [4.78, 5) is 27.6. The highest BCUT2D eigenvalue weighted by atomic mass is 32.2. The maximum absolute atomic E-state index is 12.7. The summed E-state index contributed by atoms with van der Waals surface area (Å²) in [6, 6.07) is 1.71. The van der Waals surface area contributed by atoms with Crippen molar-refractivity contribution in [2.75, 3.05) is 37.7 Å². The van der Waals surface area contributed by atoms with Crippen molar-refractivity contribution in [3.63, 3.8) is 0 Å². The molecule has 2 fully saturated rings. The van der Waals surface area contributed by atoms with Crippen LogP contribution in [0.1, 0.15) is 47.8 Å². The summed E-state index contributed by atoms with van der Waals surface area (Å²) in [5, 5.41) is 4.47. The minimum absolute atomic E-state index is 0.107. The average Bonchev–Trinajstić information content (AvgIpc) is 3.68. The van der Waals surface area contributed by atoms with E-state index in [0.717, 1.165) is 89.0 Å². The first-order chi connectivity index (χ1) is 18.9. The van der Waals surface area contributed by atoms with E-state index in [1.54, 1.807) is 10.9 Å². The molecule has 0 saturated carbocycles. The maximum Gasteiger partial charge on any atom is 0.244 e. The molecule has 0 spiro atoms. The van der Waals surface area contributed by atoms with Crippen molar-refractivity contribution in [1.29, 1.82) is 0 Å². The second-order valence-electron chi connectivity index (χ2n) is 10.7. The summed E-state index contributed by atoms with van der Waals surface area (Å²) in [6.07, 6.45) is 10.0. The van der Waals surface area contributed by atoms with Gasteiger partial charge in [0.1, 0.15) is 12.2 Å². The molecule has 0 aromatic carbocycles. The van der Waals surface area contributed by atoms with Gasteiger partial charge in [0, 0.05) is 60.5 Å². The fourth-order valence-corrected chi connectivity index (χ4v) is 7.19. The Morgan fingerprint density at radius 1 is 1.21 bits per heavy atom. The maximum atomic E-state index is 12.7. The van der Waals surface area contributed by atoms with E-state index in [-0.39, 0.29) is 12.5 Å². The number of carbonyl (C=O) groups is 1. The SMILES string of the molecule is Cc1cn2c(-c3cnn(CC(=O)N4CCSCC4)c3)cnc2c(C(N)c2cc(CN3CCCC(C)C3)ns2)n1. The van der Waals surface area contributed by atoms with Gasteiger partial charge in [-0.2, -0.15) is 21.2 Å². The molecule has 0 aliphatic carbocycles. The minimum atomic E-state index is -0.419. The summed E-state index contributed by atoms with van der Waals surface area (Å²) >= 11 is 3.34. The number of amides is 1. The van der Waals surface area contributed by atoms with E-state index in [1.807, 2.05) is 46.6 Å². The molecule has 4 aromatic heterocycles. The fourth-order valence-electron chi connectivity index (χ4n) is 5.54.